The highest BCUT2D eigenvalue weighted by Gasteiger charge is 2.36. The van der Waals surface area contributed by atoms with Crippen molar-refractivity contribution in [2.75, 3.05) is 18.0 Å². The number of ether oxygens (including phenoxy) is 1. The Morgan fingerprint density at radius 3 is 2.64 bits per heavy atom. The SMILES string of the molecule is Cc1cn(-c2cncc(C#N)c2)c2ncnc(N3C[C@@H](C)N(C(=O)OC(C)(C)C)C[C@@H]3C)c12. The molecule has 0 radical (unpaired) electrons. The van der Waals surface area contributed by atoms with E-state index in [1.807, 2.05) is 45.4 Å². The first kappa shape index (κ1) is 22.5. The summed E-state index contributed by atoms with van der Waals surface area (Å²) >= 11 is 0. The number of aromatic nitrogens is 4. The van der Waals surface area contributed by atoms with Gasteiger partial charge in [0.25, 0.3) is 0 Å². The van der Waals surface area contributed by atoms with Crippen LogP contribution in [0.25, 0.3) is 16.7 Å². The zero-order valence-electron chi connectivity index (χ0n) is 19.9. The maximum absolute atomic E-state index is 12.7. The van der Waals surface area contributed by atoms with Crippen molar-refractivity contribution in [3.05, 3.63) is 42.1 Å². The number of carbonyl (C=O) groups is 1. The van der Waals surface area contributed by atoms with E-state index in [9.17, 15) is 10.1 Å². The molecule has 3 aromatic heterocycles. The molecule has 0 aliphatic carbocycles. The number of hydrogen-bond acceptors (Lipinski definition) is 7. The van der Waals surface area contributed by atoms with Crippen molar-refractivity contribution in [2.24, 2.45) is 0 Å². The van der Waals surface area contributed by atoms with Gasteiger partial charge in [-0.2, -0.15) is 5.26 Å². The van der Waals surface area contributed by atoms with E-state index in [4.69, 9.17) is 4.74 Å². The van der Waals surface area contributed by atoms with Gasteiger partial charge >= 0.3 is 6.09 Å². The Morgan fingerprint density at radius 1 is 1.18 bits per heavy atom. The lowest BCUT2D eigenvalue weighted by Gasteiger charge is -2.44. The van der Waals surface area contributed by atoms with Gasteiger partial charge in [-0.1, -0.05) is 0 Å². The number of pyridine rings is 1. The molecule has 3 aromatic rings. The maximum atomic E-state index is 12.7. The van der Waals surface area contributed by atoms with Crippen molar-refractivity contribution < 1.29 is 9.53 Å². The molecule has 0 saturated carbocycles. The zero-order valence-corrected chi connectivity index (χ0v) is 19.9. The smallest absolute Gasteiger partial charge is 0.410 e. The summed E-state index contributed by atoms with van der Waals surface area (Å²) in [6.07, 6.45) is 6.52. The van der Waals surface area contributed by atoms with Crippen LogP contribution in [-0.2, 0) is 4.74 Å². The molecule has 0 N–H and O–H groups in total. The van der Waals surface area contributed by atoms with Crippen molar-refractivity contribution >= 4 is 22.9 Å². The highest BCUT2D eigenvalue weighted by molar-refractivity contribution is 5.92. The average Bonchev–Trinajstić information content (AvgIpc) is 3.11. The number of rotatable bonds is 2. The van der Waals surface area contributed by atoms with Gasteiger partial charge in [0.1, 0.15) is 29.5 Å². The predicted molar refractivity (Wildman–Crippen MR) is 125 cm³/mol. The third-order valence-electron chi connectivity index (χ3n) is 5.77. The fourth-order valence-corrected chi connectivity index (χ4v) is 4.25. The third kappa shape index (κ3) is 4.33. The second kappa shape index (κ2) is 8.35. The number of piperazine rings is 1. The molecule has 1 amide bonds. The number of nitrogens with zero attached hydrogens (tertiary/aromatic N) is 7. The zero-order chi connectivity index (χ0) is 23.9. The van der Waals surface area contributed by atoms with E-state index in [0.717, 1.165) is 28.1 Å². The topological polar surface area (TPSA) is 100 Å². The minimum Gasteiger partial charge on any atom is -0.444 e. The molecule has 0 bridgehead atoms. The van der Waals surface area contributed by atoms with Crippen LogP contribution in [0.3, 0.4) is 0 Å². The third-order valence-corrected chi connectivity index (χ3v) is 5.77. The largest absolute Gasteiger partial charge is 0.444 e. The maximum Gasteiger partial charge on any atom is 0.410 e. The summed E-state index contributed by atoms with van der Waals surface area (Å²) < 4.78 is 7.55. The second-order valence-electron chi connectivity index (χ2n) is 9.60. The molecular weight excluding hydrogens is 418 g/mol. The van der Waals surface area contributed by atoms with E-state index in [0.29, 0.717) is 18.7 Å². The van der Waals surface area contributed by atoms with Crippen LogP contribution in [0.2, 0.25) is 0 Å². The number of fused-ring (bicyclic) bond motifs is 1. The van der Waals surface area contributed by atoms with E-state index >= 15 is 0 Å². The van der Waals surface area contributed by atoms with Gasteiger partial charge in [-0.25, -0.2) is 14.8 Å². The van der Waals surface area contributed by atoms with Gasteiger partial charge in [0.05, 0.1) is 22.8 Å². The lowest BCUT2D eigenvalue weighted by molar-refractivity contribution is 0.0130. The van der Waals surface area contributed by atoms with Crippen molar-refractivity contribution in [3.8, 4) is 11.8 Å². The molecule has 4 heterocycles. The van der Waals surface area contributed by atoms with Crippen LogP contribution >= 0.6 is 0 Å². The Balaban J connectivity index is 1.69. The van der Waals surface area contributed by atoms with Gasteiger partial charge in [-0.3, -0.25) is 9.55 Å². The lowest BCUT2D eigenvalue weighted by atomic mass is 10.1. The summed E-state index contributed by atoms with van der Waals surface area (Å²) in [5.41, 5.74) is 2.50. The summed E-state index contributed by atoms with van der Waals surface area (Å²) in [5.74, 6) is 0.837. The number of aryl methyl sites for hydroxylation is 1. The van der Waals surface area contributed by atoms with E-state index < -0.39 is 5.60 Å². The number of hydrogen-bond donors (Lipinski definition) is 0. The minimum absolute atomic E-state index is 0.0400. The fourth-order valence-electron chi connectivity index (χ4n) is 4.25. The van der Waals surface area contributed by atoms with Crippen LogP contribution in [0.15, 0.2) is 31.0 Å². The quantitative estimate of drug-likeness (QED) is 0.588. The van der Waals surface area contributed by atoms with Crippen molar-refractivity contribution in [2.45, 2.75) is 59.2 Å². The molecule has 2 atom stereocenters. The molecule has 9 nitrogen and oxygen atoms in total. The molecule has 1 aliphatic heterocycles. The van der Waals surface area contributed by atoms with Crippen molar-refractivity contribution in [1.82, 2.24) is 24.4 Å². The number of anilines is 1. The van der Waals surface area contributed by atoms with E-state index in [1.165, 1.54) is 6.20 Å². The fraction of sp³-hybridized carbons (Fsp3) is 0.458. The van der Waals surface area contributed by atoms with Gasteiger partial charge in [0, 0.05) is 37.6 Å². The molecule has 0 unspecified atom stereocenters. The molecular formula is C24H29N7O2. The van der Waals surface area contributed by atoms with Crippen LogP contribution < -0.4 is 4.90 Å². The summed E-state index contributed by atoms with van der Waals surface area (Å²) in [7, 11) is 0. The van der Waals surface area contributed by atoms with E-state index in [-0.39, 0.29) is 18.2 Å². The molecule has 1 fully saturated rings. The monoisotopic (exact) mass is 447 g/mol. The normalized spacial score (nSPS) is 18.9. The standard InChI is InChI=1S/C24H29N7O2/c1-15-11-31(19-7-18(8-25)9-26-10-19)22-20(15)21(27-14-28-22)29-12-17(3)30(13-16(29)2)23(32)33-24(4,5)6/h7,9-11,14,16-17H,12-13H2,1-6H3/t16-,17+/m0/s1. The lowest BCUT2D eigenvalue weighted by Crippen LogP contribution is -2.59. The minimum atomic E-state index is -0.534. The number of carbonyl (C=O) groups excluding carboxylic acids is 1. The molecule has 1 aliphatic rings. The Labute approximate surface area is 193 Å². The predicted octanol–water partition coefficient (Wildman–Crippen LogP) is 3.83. The van der Waals surface area contributed by atoms with E-state index in [2.05, 4.69) is 32.8 Å². The summed E-state index contributed by atoms with van der Waals surface area (Å²) in [5, 5.41) is 10.2. The Kier molecular flexibility index (Phi) is 5.70. The molecule has 172 valence electrons. The average molecular weight is 448 g/mol. The summed E-state index contributed by atoms with van der Waals surface area (Å²) in [4.78, 5) is 30.1. The first-order chi connectivity index (χ1) is 15.6. The number of nitriles is 1. The van der Waals surface area contributed by atoms with Crippen LogP contribution in [0.4, 0.5) is 10.6 Å². The van der Waals surface area contributed by atoms with Gasteiger partial charge < -0.3 is 14.5 Å². The molecule has 1 saturated heterocycles. The van der Waals surface area contributed by atoms with Gasteiger partial charge in [0.2, 0.25) is 0 Å². The number of amides is 1. The van der Waals surface area contributed by atoms with Gasteiger partial charge in [0.15, 0.2) is 0 Å². The Morgan fingerprint density at radius 2 is 1.94 bits per heavy atom. The molecule has 33 heavy (non-hydrogen) atoms. The highest BCUT2D eigenvalue weighted by Crippen LogP contribution is 2.33. The van der Waals surface area contributed by atoms with Crippen molar-refractivity contribution in [1.29, 1.82) is 5.26 Å². The molecule has 4 rings (SSSR count). The van der Waals surface area contributed by atoms with Crippen LogP contribution in [0.5, 0.6) is 0 Å². The summed E-state index contributed by atoms with van der Waals surface area (Å²) in [6.45, 7) is 12.9. The Bertz CT molecular complexity index is 1240. The first-order valence-corrected chi connectivity index (χ1v) is 11.0. The van der Waals surface area contributed by atoms with Gasteiger partial charge in [-0.05, 0) is 53.2 Å². The molecule has 0 spiro atoms. The molecule has 9 heteroatoms. The van der Waals surface area contributed by atoms with Gasteiger partial charge in [-0.15, -0.1) is 0 Å². The van der Waals surface area contributed by atoms with Crippen LogP contribution in [-0.4, -0.2) is 61.3 Å². The second-order valence-corrected chi connectivity index (χ2v) is 9.60. The van der Waals surface area contributed by atoms with Crippen molar-refractivity contribution in [3.63, 3.8) is 0 Å². The van der Waals surface area contributed by atoms with E-state index in [1.54, 1.807) is 23.5 Å². The first-order valence-electron chi connectivity index (χ1n) is 11.0. The molecule has 0 aromatic carbocycles. The van der Waals surface area contributed by atoms with Crippen LogP contribution in [0, 0.1) is 18.3 Å². The summed E-state index contributed by atoms with van der Waals surface area (Å²) in [6, 6.07) is 3.92. The van der Waals surface area contributed by atoms with Crippen LogP contribution in [0.1, 0.15) is 45.7 Å². The highest BCUT2D eigenvalue weighted by atomic mass is 16.6. The Hall–Kier alpha value is -3.67.